The first-order valence-corrected chi connectivity index (χ1v) is 10.6. The average Bonchev–Trinajstić information content (AvgIpc) is 2.64. The van der Waals surface area contributed by atoms with Crippen molar-refractivity contribution in [3.8, 4) is 11.5 Å². The third-order valence-corrected chi connectivity index (χ3v) is 6.11. The summed E-state index contributed by atoms with van der Waals surface area (Å²) < 4.78 is 38.9. The molecule has 0 aliphatic rings. The van der Waals surface area contributed by atoms with Crippen LogP contribution in [-0.2, 0) is 16.4 Å². The van der Waals surface area contributed by atoms with E-state index in [1.807, 2.05) is 38.1 Å². The molecule has 0 saturated carbocycles. The molecule has 0 amide bonds. The second kappa shape index (κ2) is 9.24. The maximum absolute atomic E-state index is 12.8. The van der Waals surface area contributed by atoms with Crippen molar-refractivity contribution in [2.45, 2.75) is 44.4 Å². The van der Waals surface area contributed by atoms with Gasteiger partial charge in [0.05, 0.1) is 19.1 Å². The second-order valence-electron chi connectivity index (χ2n) is 6.87. The predicted molar refractivity (Wildman–Crippen MR) is 108 cm³/mol. The molecular formula is C21H29NO4S. The van der Waals surface area contributed by atoms with Crippen molar-refractivity contribution in [2.24, 2.45) is 0 Å². The highest BCUT2D eigenvalue weighted by atomic mass is 32.2. The predicted octanol–water partition coefficient (Wildman–Crippen LogP) is 4.05. The molecule has 0 bridgehead atoms. The van der Waals surface area contributed by atoms with E-state index >= 15 is 0 Å². The van der Waals surface area contributed by atoms with Crippen LogP contribution in [0.15, 0.2) is 41.3 Å². The highest BCUT2D eigenvalue weighted by molar-refractivity contribution is 7.89. The lowest BCUT2D eigenvalue weighted by Gasteiger charge is -2.16. The van der Waals surface area contributed by atoms with Crippen LogP contribution in [0.3, 0.4) is 0 Å². The fraction of sp³-hybridized carbons (Fsp3) is 0.429. The van der Waals surface area contributed by atoms with Crippen LogP contribution in [-0.4, -0.2) is 29.2 Å². The zero-order valence-corrected chi connectivity index (χ0v) is 17.5. The molecule has 0 saturated heterocycles. The van der Waals surface area contributed by atoms with Crippen molar-refractivity contribution in [1.82, 2.24) is 4.72 Å². The van der Waals surface area contributed by atoms with Crippen LogP contribution in [0.2, 0.25) is 0 Å². The minimum atomic E-state index is -3.57. The Bertz CT molecular complexity index is 876. The summed E-state index contributed by atoms with van der Waals surface area (Å²) in [5.74, 6) is 1.70. The van der Waals surface area contributed by atoms with E-state index in [0.29, 0.717) is 23.4 Å². The van der Waals surface area contributed by atoms with Gasteiger partial charge in [-0.2, -0.15) is 0 Å². The summed E-state index contributed by atoms with van der Waals surface area (Å²) in [4.78, 5) is 0.313. The molecular weight excluding hydrogens is 362 g/mol. The van der Waals surface area contributed by atoms with Crippen LogP contribution >= 0.6 is 0 Å². The first-order valence-electron chi connectivity index (χ1n) is 9.09. The van der Waals surface area contributed by atoms with E-state index in [0.717, 1.165) is 29.0 Å². The van der Waals surface area contributed by atoms with E-state index in [4.69, 9.17) is 9.47 Å². The Labute approximate surface area is 162 Å². The van der Waals surface area contributed by atoms with Crippen LogP contribution in [0.4, 0.5) is 0 Å². The molecule has 5 nitrogen and oxygen atoms in total. The molecule has 0 aromatic heterocycles. The van der Waals surface area contributed by atoms with Crippen molar-refractivity contribution in [3.63, 3.8) is 0 Å². The minimum Gasteiger partial charge on any atom is -0.497 e. The van der Waals surface area contributed by atoms with Gasteiger partial charge in [0.1, 0.15) is 11.5 Å². The highest BCUT2D eigenvalue weighted by Gasteiger charge is 2.20. The smallest absolute Gasteiger partial charge is 0.240 e. The van der Waals surface area contributed by atoms with Gasteiger partial charge in [-0.25, -0.2) is 13.1 Å². The molecule has 6 heteroatoms. The molecule has 0 spiro atoms. The molecule has 0 aliphatic heterocycles. The zero-order valence-electron chi connectivity index (χ0n) is 16.7. The number of sulfonamides is 1. The molecule has 0 atom stereocenters. The number of nitrogens with one attached hydrogen (secondary N) is 1. The van der Waals surface area contributed by atoms with Gasteiger partial charge in [0.15, 0.2) is 0 Å². The van der Waals surface area contributed by atoms with Gasteiger partial charge < -0.3 is 9.47 Å². The van der Waals surface area contributed by atoms with Gasteiger partial charge in [-0.3, -0.25) is 0 Å². The van der Waals surface area contributed by atoms with Crippen molar-refractivity contribution in [3.05, 3.63) is 53.1 Å². The lowest BCUT2D eigenvalue weighted by Crippen LogP contribution is -2.26. The second-order valence-corrected chi connectivity index (χ2v) is 8.60. The number of aryl methyl sites for hydroxylation is 2. The molecule has 0 unspecified atom stereocenters. The Morgan fingerprint density at radius 1 is 1.07 bits per heavy atom. The average molecular weight is 392 g/mol. The van der Waals surface area contributed by atoms with E-state index in [9.17, 15) is 8.42 Å². The van der Waals surface area contributed by atoms with Crippen LogP contribution in [0.25, 0.3) is 0 Å². The molecule has 1 N–H and O–H groups in total. The van der Waals surface area contributed by atoms with Crippen molar-refractivity contribution < 1.29 is 17.9 Å². The molecule has 0 radical (unpaired) electrons. The number of methoxy groups -OCH3 is 2. The van der Waals surface area contributed by atoms with E-state index in [1.165, 1.54) is 0 Å². The van der Waals surface area contributed by atoms with E-state index in [2.05, 4.69) is 4.72 Å². The number of hydrogen-bond acceptors (Lipinski definition) is 4. The van der Waals surface area contributed by atoms with Crippen LogP contribution in [0, 0.1) is 6.92 Å². The molecule has 148 valence electrons. The zero-order chi connectivity index (χ0) is 20.0. The van der Waals surface area contributed by atoms with E-state index in [1.54, 1.807) is 33.3 Å². The lowest BCUT2D eigenvalue weighted by atomic mass is 10.0. The van der Waals surface area contributed by atoms with Crippen LogP contribution in [0.1, 0.15) is 42.9 Å². The Hall–Kier alpha value is -2.05. The van der Waals surface area contributed by atoms with Crippen LogP contribution < -0.4 is 14.2 Å². The molecule has 0 fully saturated rings. The van der Waals surface area contributed by atoms with Gasteiger partial charge in [0.2, 0.25) is 10.0 Å². The van der Waals surface area contributed by atoms with Gasteiger partial charge in [0, 0.05) is 6.54 Å². The monoisotopic (exact) mass is 391 g/mol. The van der Waals surface area contributed by atoms with E-state index in [-0.39, 0.29) is 5.92 Å². The van der Waals surface area contributed by atoms with Gasteiger partial charge in [-0.15, -0.1) is 0 Å². The van der Waals surface area contributed by atoms with Gasteiger partial charge in [0.25, 0.3) is 0 Å². The fourth-order valence-electron chi connectivity index (χ4n) is 3.00. The molecule has 2 aromatic rings. The number of rotatable bonds is 9. The third kappa shape index (κ3) is 5.47. The molecule has 0 aliphatic carbocycles. The minimum absolute atomic E-state index is 0.169. The maximum Gasteiger partial charge on any atom is 0.240 e. The summed E-state index contributed by atoms with van der Waals surface area (Å²) in [6, 6.07) is 11.3. The summed E-state index contributed by atoms with van der Waals surface area (Å²) in [6.45, 7) is 6.20. The van der Waals surface area contributed by atoms with Crippen molar-refractivity contribution in [2.75, 3.05) is 20.8 Å². The molecule has 2 aromatic carbocycles. The summed E-state index contributed by atoms with van der Waals surface area (Å²) >= 11 is 0. The number of hydrogen-bond donors (Lipinski definition) is 1. The Morgan fingerprint density at radius 2 is 1.81 bits per heavy atom. The highest BCUT2D eigenvalue weighted by Crippen LogP contribution is 2.31. The van der Waals surface area contributed by atoms with Crippen molar-refractivity contribution >= 4 is 10.0 Å². The first-order chi connectivity index (χ1) is 12.8. The summed E-state index contributed by atoms with van der Waals surface area (Å²) in [6.07, 6.45) is 1.48. The van der Waals surface area contributed by atoms with Gasteiger partial charge >= 0.3 is 0 Å². The first kappa shape index (κ1) is 21.3. The number of ether oxygens (including phenoxy) is 2. The van der Waals surface area contributed by atoms with Gasteiger partial charge in [-0.05, 0) is 66.6 Å². The largest absolute Gasteiger partial charge is 0.497 e. The summed E-state index contributed by atoms with van der Waals surface area (Å²) in [7, 11) is -0.332. The Kier molecular flexibility index (Phi) is 7.27. The summed E-state index contributed by atoms with van der Waals surface area (Å²) in [5.41, 5.74) is 2.69. The normalized spacial score (nSPS) is 11.6. The Morgan fingerprint density at radius 3 is 2.44 bits per heavy atom. The standard InChI is InChI=1S/C21H29NO4S/c1-15(2)19-14-21(16(3)12-20(19)26-5)27(23,24)22-11-7-9-17-8-6-10-18(13-17)25-4/h6,8,10,12-15,22H,7,9,11H2,1-5H3. The van der Waals surface area contributed by atoms with Crippen molar-refractivity contribution in [1.29, 1.82) is 0 Å². The number of benzene rings is 2. The SMILES string of the molecule is COc1cccc(CCCNS(=O)(=O)c2cc(C(C)C)c(OC)cc2C)c1. The fourth-order valence-corrected chi connectivity index (χ4v) is 4.33. The van der Waals surface area contributed by atoms with E-state index < -0.39 is 10.0 Å². The molecule has 27 heavy (non-hydrogen) atoms. The third-order valence-electron chi connectivity index (χ3n) is 4.51. The maximum atomic E-state index is 12.8. The molecule has 0 heterocycles. The topological polar surface area (TPSA) is 64.6 Å². The lowest BCUT2D eigenvalue weighted by molar-refractivity contribution is 0.406. The Balaban J connectivity index is 2.06. The quantitative estimate of drug-likeness (QED) is 0.655. The summed E-state index contributed by atoms with van der Waals surface area (Å²) in [5, 5.41) is 0. The van der Waals surface area contributed by atoms with Gasteiger partial charge in [-0.1, -0.05) is 26.0 Å². The van der Waals surface area contributed by atoms with Crippen LogP contribution in [0.5, 0.6) is 11.5 Å². The molecule has 2 rings (SSSR count).